The molecule has 0 unspecified atom stereocenters. The van der Waals surface area contributed by atoms with Crippen LogP contribution < -0.4 is 10.2 Å². The molecular weight excluding hydrogens is 380 g/mol. The van der Waals surface area contributed by atoms with Gasteiger partial charge in [-0.3, -0.25) is 14.4 Å². The summed E-state index contributed by atoms with van der Waals surface area (Å²) in [6, 6.07) is 13.5. The molecule has 1 atom stereocenters. The number of nitrogens with zero attached hydrogens (tertiary/aromatic N) is 1. The highest BCUT2D eigenvalue weighted by atomic mass is 16.5. The number of hydrogen-bond acceptors (Lipinski definition) is 4. The lowest BCUT2D eigenvalue weighted by molar-refractivity contribution is -0.151. The van der Waals surface area contributed by atoms with E-state index in [-0.39, 0.29) is 31.4 Å². The quantitative estimate of drug-likeness (QED) is 0.710. The van der Waals surface area contributed by atoms with E-state index in [1.165, 1.54) is 0 Å². The molecule has 1 aliphatic rings. The van der Waals surface area contributed by atoms with Crippen molar-refractivity contribution >= 4 is 29.2 Å². The van der Waals surface area contributed by atoms with Gasteiger partial charge in [0.25, 0.3) is 5.91 Å². The van der Waals surface area contributed by atoms with Gasteiger partial charge in [-0.25, -0.2) is 0 Å². The van der Waals surface area contributed by atoms with E-state index >= 15 is 0 Å². The second-order valence-electron chi connectivity index (χ2n) is 7.51. The molecular formula is C24H28N2O4. The SMILES string of the molecule is CCc1cccc(CC)c1NC(=O)COC(=O)[C@H]1CC(=O)N(c2ccccc2C)C1. The third-order valence-corrected chi connectivity index (χ3v) is 5.47. The highest BCUT2D eigenvalue weighted by Gasteiger charge is 2.36. The van der Waals surface area contributed by atoms with Gasteiger partial charge in [-0.15, -0.1) is 0 Å². The lowest BCUT2D eigenvalue weighted by atomic mass is 10.0. The maximum atomic E-state index is 12.5. The minimum Gasteiger partial charge on any atom is -0.455 e. The molecule has 1 aliphatic heterocycles. The van der Waals surface area contributed by atoms with E-state index in [2.05, 4.69) is 5.32 Å². The topological polar surface area (TPSA) is 75.7 Å². The van der Waals surface area contributed by atoms with Crippen molar-refractivity contribution in [2.24, 2.45) is 5.92 Å². The molecule has 3 rings (SSSR count). The average Bonchev–Trinajstić information content (AvgIpc) is 3.14. The van der Waals surface area contributed by atoms with Crippen molar-refractivity contribution in [1.29, 1.82) is 0 Å². The van der Waals surface area contributed by atoms with Crippen molar-refractivity contribution in [1.82, 2.24) is 0 Å². The predicted octanol–water partition coefficient (Wildman–Crippen LogP) is 3.65. The van der Waals surface area contributed by atoms with E-state index in [4.69, 9.17) is 4.74 Å². The van der Waals surface area contributed by atoms with Crippen LogP contribution in [0, 0.1) is 12.8 Å². The fourth-order valence-corrected chi connectivity index (χ4v) is 3.80. The Kier molecular flexibility index (Phi) is 6.87. The molecule has 1 N–H and O–H groups in total. The summed E-state index contributed by atoms with van der Waals surface area (Å²) in [6.07, 6.45) is 1.68. The third kappa shape index (κ3) is 4.70. The van der Waals surface area contributed by atoms with Gasteiger partial charge in [0.1, 0.15) is 0 Å². The second-order valence-corrected chi connectivity index (χ2v) is 7.51. The van der Waals surface area contributed by atoms with Crippen LogP contribution in [0.3, 0.4) is 0 Å². The van der Waals surface area contributed by atoms with E-state index in [0.29, 0.717) is 0 Å². The van der Waals surface area contributed by atoms with Gasteiger partial charge in [-0.1, -0.05) is 50.2 Å². The van der Waals surface area contributed by atoms with E-state index in [1.807, 2.05) is 63.2 Å². The Labute approximate surface area is 177 Å². The van der Waals surface area contributed by atoms with Crippen molar-refractivity contribution < 1.29 is 19.1 Å². The van der Waals surface area contributed by atoms with Gasteiger partial charge in [0.2, 0.25) is 5.91 Å². The first-order valence-corrected chi connectivity index (χ1v) is 10.4. The normalized spacial score (nSPS) is 15.9. The number of anilines is 2. The van der Waals surface area contributed by atoms with Crippen LogP contribution in [0.1, 0.15) is 37.0 Å². The molecule has 6 heteroatoms. The number of hydrogen-bond donors (Lipinski definition) is 1. The van der Waals surface area contributed by atoms with Crippen molar-refractivity contribution in [3.63, 3.8) is 0 Å². The largest absolute Gasteiger partial charge is 0.455 e. The monoisotopic (exact) mass is 408 g/mol. The number of ether oxygens (including phenoxy) is 1. The number of para-hydroxylation sites is 2. The lowest BCUT2D eigenvalue weighted by Crippen LogP contribution is -2.28. The summed E-state index contributed by atoms with van der Waals surface area (Å²) in [6.45, 7) is 5.89. The lowest BCUT2D eigenvalue weighted by Gasteiger charge is -2.18. The molecule has 0 bridgehead atoms. The minimum atomic E-state index is -0.570. The second kappa shape index (κ2) is 9.57. The third-order valence-electron chi connectivity index (χ3n) is 5.47. The van der Waals surface area contributed by atoms with Gasteiger partial charge < -0.3 is 15.0 Å². The number of amides is 2. The molecule has 1 fully saturated rings. The van der Waals surface area contributed by atoms with Crippen LogP contribution in [0.4, 0.5) is 11.4 Å². The molecule has 2 aromatic rings. The Hall–Kier alpha value is -3.15. The molecule has 6 nitrogen and oxygen atoms in total. The molecule has 1 heterocycles. The van der Waals surface area contributed by atoms with Crippen LogP contribution in [0.25, 0.3) is 0 Å². The van der Waals surface area contributed by atoms with Crippen LogP contribution in [0.2, 0.25) is 0 Å². The van der Waals surface area contributed by atoms with Crippen LogP contribution in [0.15, 0.2) is 42.5 Å². The number of carbonyl (C=O) groups is 3. The molecule has 0 aromatic heterocycles. The van der Waals surface area contributed by atoms with E-state index < -0.39 is 11.9 Å². The standard InChI is InChI=1S/C24H28N2O4/c1-4-17-10-8-11-18(5-2)23(17)25-21(27)15-30-24(29)19-13-22(28)26(14-19)20-12-7-6-9-16(20)3/h6-12,19H,4-5,13-15H2,1-3H3,(H,25,27)/t19-/m0/s1. The molecule has 0 radical (unpaired) electrons. The van der Waals surface area contributed by atoms with E-state index in [9.17, 15) is 14.4 Å². The zero-order valence-corrected chi connectivity index (χ0v) is 17.7. The predicted molar refractivity (Wildman–Crippen MR) is 116 cm³/mol. The first-order valence-electron chi connectivity index (χ1n) is 10.4. The molecule has 30 heavy (non-hydrogen) atoms. The number of benzene rings is 2. The van der Waals surface area contributed by atoms with Crippen LogP contribution in [-0.2, 0) is 32.0 Å². The summed E-state index contributed by atoms with van der Waals surface area (Å²) in [7, 11) is 0. The number of carbonyl (C=O) groups excluding carboxylic acids is 3. The number of aryl methyl sites for hydroxylation is 3. The summed E-state index contributed by atoms with van der Waals surface area (Å²) < 4.78 is 5.24. The molecule has 158 valence electrons. The number of rotatable bonds is 7. The van der Waals surface area contributed by atoms with Crippen molar-refractivity contribution in [3.05, 3.63) is 59.2 Å². The van der Waals surface area contributed by atoms with Crippen LogP contribution in [0.5, 0.6) is 0 Å². The fourth-order valence-electron chi connectivity index (χ4n) is 3.80. The first-order chi connectivity index (χ1) is 14.4. The summed E-state index contributed by atoms with van der Waals surface area (Å²) in [5.41, 5.74) is 4.67. The highest BCUT2D eigenvalue weighted by molar-refractivity contribution is 6.00. The van der Waals surface area contributed by atoms with Gasteiger partial charge >= 0.3 is 5.97 Å². The molecule has 0 aliphatic carbocycles. The molecule has 0 saturated carbocycles. The van der Waals surface area contributed by atoms with Crippen molar-refractivity contribution in [2.75, 3.05) is 23.4 Å². The maximum absolute atomic E-state index is 12.5. The van der Waals surface area contributed by atoms with Gasteiger partial charge in [0, 0.05) is 24.3 Å². The average molecular weight is 408 g/mol. The molecule has 1 saturated heterocycles. The Balaban J connectivity index is 1.58. The molecule has 2 amide bonds. The zero-order chi connectivity index (χ0) is 21.7. The highest BCUT2D eigenvalue weighted by Crippen LogP contribution is 2.28. The van der Waals surface area contributed by atoms with Gasteiger partial charge in [0.15, 0.2) is 6.61 Å². The van der Waals surface area contributed by atoms with Gasteiger partial charge in [-0.2, -0.15) is 0 Å². The Morgan fingerprint density at radius 1 is 1.07 bits per heavy atom. The van der Waals surface area contributed by atoms with E-state index in [1.54, 1.807) is 4.90 Å². The zero-order valence-electron chi connectivity index (χ0n) is 17.7. The van der Waals surface area contributed by atoms with Gasteiger partial charge in [0.05, 0.1) is 5.92 Å². The number of nitrogens with one attached hydrogen (secondary N) is 1. The summed E-state index contributed by atoms with van der Waals surface area (Å²) in [5.74, 6) is -1.58. The Bertz CT molecular complexity index is 932. The fraction of sp³-hybridized carbons (Fsp3) is 0.375. The minimum absolute atomic E-state index is 0.0907. The smallest absolute Gasteiger partial charge is 0.311 e. The maximum Gasteiger partial charge on any atom is 0.311 e. The summed E-state index contributed by atoms with van der Waals surface area (Å²) in [5, 5.41) is 2.88. The summed E-state index contributed by atoms with van der Waals surface area (Å²) >= 11 is 0. The Morgan fingerprint density at radius 2 is 1.73 bits per heavy atom. The van der Waals surface area contributed by atoms with Gasteiger partial charge in [-0.05, 0) is 42.5 Å². The molecule has 2 aromatic carbocycles. The van der Waals surface area contributed by atoms with Crippen molar-refractivity contribution in [3.8, 4) is 0 Å². The first kappa shape index (κ1) is 21.6. The van der Waals surface area contributed by atoms with Crippen LogP contribution in [-0.4, -0.2) is 30.9 Å². The van der Waals surface area contributed by atoms with Crippen molar-refractivity contribution in [2.45, 2.75) is 40.0 Å². The summed E-state index contributed by atoms with van der Waals surface area (Å²) in [4.78, 5) is 38.9. The van der Waals surface area contributed by atoms with E-state index in [0.717, 1.165) is 40.9 Å². The number of esters is 1. The Morgan fingerprint density at radius 3 is 2.37 bits per heavy atom. The van der Waals surface area contributed by atoms with Crippen LogP contribution >= 0.6 is 0 Å². The molecule has 0 spiro atoms.